The van der Waals surface area contributed by atoms with E-state index in [0.717, 1.165) is 19.0 Å². The molecule has 0 aliphatic heterocycles. The molecule has 96 valence electrons. The van der Waals surface area contributed by atoms with E-state index in [2.05, 4.69) is 12.2 Å². The van der Waals surface area contributed by atoms with Crippen molar-refractivity contribution in [2.45, 2.75) is 45.6 Å². The number of halogens is 2. The monoisotopic (exact) mass is 241 g/mol. The van der Waals surface area contributed by atoms with E-state index in [1.165, 1.54) is 12.1 Å². The van der Waals surface area contributed by atoms with Crippen molar-refractivity contribution in [3.05, 3.63) is 35.4 Å². The molecule has 0 saturated carbocycles. The van der Waals surface area contributed by atoms with Crippen LogP contribution in [-0.4, -0.2) is 12.6 Å². The molecular formula is C14H21F2N. The van der Waals surface area contributed by atoms with E-state index in [-0.39, 0.29) is 5.41 Å². The zero-order valence-electron chi connectivity index (χ0n) is 11.0. The van der Waals surface area contributed by atoms with Gasteiger partial charge in [0.1, 0.15) is 11.6 Å². The Hall–Kier alpha value is -0.960. The van der Waals surface area contributed by atoms with Crippen LogP contribution in [0.3, 0.4) is 0 Å². The van der Waals surface area contributed by atoms with Gasteiger partial charge in [0.05, 0.1) is 0 Å². The maximum absolute atomic E-state index is 13.2. The first-order chi connectivity index (χ1) is 7.85. The fourth-order valence-electron chi connectivity index (χ4n) is 2.25. The SMILES string of the molecule is CCNC(C)CC(C)(C)c1cc(F)cc(F)c1. The molecule has 0 bridgehead atoms. The molecule has 1 aromatic rings. The molecule has 0 spiro atoms. The zero-order valence-corrected chi connectivity index (χ0v) is 11.0. The Morgan fingerprint density at radius 2 is 1.71 bits per heavy atom. The van der Waals surface area contributed by atoms with Crippen molar-refractivity contribution in [2.75, 3.05) is 6.54 Å². The Labute approximate surface area is 102 Å². The lowest BCUT2D eigenvalue weighted by molar-refractivity contribution is 0.391. The maximum atomic E-state index is 13.2. The number of benzene rings is 1. The summed E-state index contributed by atoms with van der Waals surface area (Å²) in [5.74, 6) is -1.02. The lowest BCUT2D eigenvalue weighted by Crippen LogP contribution is -2.33. The molecule has 17 heavy (non-hydrogen) atoms. The van der Waals surface area contributed by atoms with E-state index >= 15 is 0 Å². The van der Waals surface area contributed by atoms with Gasteiger partial charge in [-0.15, -0.1) is 0 Å². The Kier molecular flexibility index (Phi) is 4.63. The number of rotatable bonds is 5. The van der Waals surface area contributed by atoms with Crippen molar-refractivity contribution in [1.82, 2.24) is 5.32 Å². The van der Waals surface area contributed by atoms with Crippen LogP contribution in [0.2, 0.25) is 0 Å². The van der Waals surface area contributed by atoms with Crippen LogP contribution in [0.1, 0.15) is 39.7 Å². The minimum absolute atomic E-state index is 0.246. The van der Waals surface area contributed by atoms with Crippen LogP contribution in [-0.2, 0) is 5.41 Å². The first-order valence-electron chi connectivity index (χ1n) is 6.05. The lowest BCUT2D eigenvalue weighted by atomic mass is 9.79. The molecule has 0 aliphatic rings. The molecule has 1 atom stereocenters. The number of hydrogen-bond donors (Lipinski definition) is 1. The Morgan fingerprint density at radius 1 is 1.18 bits per heavy atom. The second-order valence-electron chi connectivity index (χ2n) is 5.20. The first kappa shape index (κ1) is 14.1. The summed E-state index contributed by atoms with van der Waals surface area (Å²) in [5, 5.41) is 3.31. The van der Waals surface area contributed by atoms with Gasteiger partial charge < -0.3 is 5.32 Å². The van der Waals surface area contributed by atoms with Crippen LogP contribution in [0.25, 0.3) is 0 Å². The third kappa shape index (κ3) is 4.08. The minimum atomic E-state index is -0.510. The molecule has 1 unspecified atom stereocenters. The molecule has 1 nitrogen and oxygen atoms in total. The number of hydrogen-bond acceptors (Lipinski definition) is 1. The second-order valence-corrected chi connectivity index (χ2v) is 5.20. The highest BCUT2D eigenvalue weighted by atomic mass is 19.1. The van der Waals surface area contributed by atoms with Crippen LogP contribution in [0, 0.1) is 11.6 Å². The van der Waals surface area contributed by atoms with Crippen molar-refractivity contribution >= 4 is 0 Å². The largest absolute Gasteiger partial charge is 0.315 e. The van der Waals surface area contributed by atoms with E-state index in [9.17, 15) is 8.78 Å². The molecule has 0 fully saturated rings. The first-order valence-corrected chi connectivity index (χ1v) is 6.05. The van der Waals surface area contributed by atoms with Crippen LogP contribution in [0.5, 0.6) is 0 Å². The van der Waals surface area contributed by atoms with Crippen molar-refractivity contribution in [1.29, 1.82) is 0 Å². The molecule has 0 saturated heterocycles. The van der Waals surface area contributed by atoms with Gasteiger partial charge in [0.15, 0.2) is 0 Å². The standard InChI is InChI=1S/C14H21F2N/c1-5-17-10(2)9-14(3,4)11-6-12(15)8-13(16)7-11/h6-8,10,17H,5,9H2,1-4H3. The highest BCUT2D eigenvalue weighted by molar-refractivity contribution is 5.25. The second kappa shape index (κ2) is 5.58. The van der Waals surface area contributed by atoms with Gasteiger partial charge in [-0.1, -0.05) is 20.8 Å². The molecule has 1 N–H and O–H groups in total. The third-order valence-corrected chi connectivity index (χ3v) is 3.01. The van der Waals surface area contributed by atoms with Gasteiger partial charge in [-0.25, -0.2) is 8.78 Å². The van der Waals surface area contributed by atoms with Gasteiger partial charge in [0.2, 0.25) is 0 Å². The molecule has 0 aromatic heterocycles. The van der Waals surface area contributed by atoms with Gasteiger partial charge in [0.25, 0.3) is 0 Å². The van der Waals surface area contributed by atoms with Gasteiger partial charge in [0, 0.05) is 12.1 Å². The summed E-state index contributed by atoms with van der Waals surface area (Å²) in [6.07, 6.45) is 0.837. The van der Waals surface area contributed by atoms with Gasteiger partial charge in [-0.2, -0.15) is 0 Å². The van der Waals surface area contributed by atoms with E-state index < -0.39 is 11.6 Å². The minimum Gasteiger partial charge on any atom is -0.315 e. The van der Waals surface area contributed by atoms with Crippen molar-refractivity contribution in [3.8, 4) is 0 Å². The van der Waals surface area contributed by atoms with Gasteiger partial charge in [-0.05, 0) is 43.0 Å². The maximum Gasteiger partial charge on any atom is 0.126 e. The van der Waals surface area contributed by atoms with Crippen molar-refractivity contribution in [2.24, 2.45) is 0 Å². The fourth-order valence-corrected chi connectivity index (χ4v) is 2.25. The van der Waals surface area contributed by atoms with E-state index in [4.69, 9.17) is 0 Å². The summed E-state index contributed by atoms with van der Waals surface area (Å²) < 4.78 is 26.4. The Morgan fingerprint density at radius 3 is 2.18 bits per heavy atom. The third-order valence-electron chi connectivity index (χ3n) is 3.01. The Balaban J connectivity index is 2.88. The molecule has 1 rings (SSSR count). The summed E-state index contributed by atoms with van der Waals surface area (Å²) in [6.45, 7) is 9.05. The summed E-state index contributed by atoms with van der Waals surface area (Å²) in [7, 11) is 0. The normalized spacial score (nSPS) is 13.8. The molecular weight excluding hydrogens is 220 g/mol. The van der Waals surface area contributed by atoms with Crippen LogP contribution < -0.4 is 5.32 Å². The quantitative estimate of drug-likeness (QED) is 0.830. The average Bonchev–Trinajstić information content (AvgIpc) is 2.15. The van der Waals surface area contributed by atoms with Gasteiger partial charge >= 0.3 is 0 Å². The number of nitrogens with one attached hydrogen (secondary N) is 1. The van der Waals surface area contributed by atoms with Crippen LogP contribution in [0.4, 0.5) is 8.78 Å². The summed E-state index contributed by atoms with van der Waals surface area (Å²) in [6, 6.07) is 4.07. The zero-order chi connectivity index (χ0) is 13.1. The molecule has 3 heteroatoms. The van der Waals surface area contributed by atoms with E-state index in [0.29, 0.717) is 11.6 Å². The predicted octanol–water partition coefficient (Wildman–Crippen LogP) is 3.63. The van der Waals surface area contributed by atoms with Crippen LogP contribution in [0.15, 0.2) is 18.2 Å². The molecule has 1 aromatic carbocycles. The Bertz CT molecular complexity index is 354. The van der Waals surface area contributed by atoms with E-state index in [1.807, 2.05) is 20.8 Å². The van der Waals surface area contributed by atoms with Crippen molar-refractivity contribution < 1.29 is 8.78 Å². The molecule has 0 aliphatic carbocycles. The predicted molar refractivity (Wildman–Crippen MR) is 67.1 cm³/mol. The highest BCUT2D eigenvalue weighted by Gasteiger charge is 2.24. The average molecular weight is 241 g/mol. The van der Waals surface area contributed by atoms with E-state index in [1.54, 1.807) is 0 Å². The summed E-state index contributed by atoms with van der Waals surface area (Å²) >= 11 is 0. The molecule has 0 heterocycles. The lowest BCUT2D eigenvalue weighted by Gasteiger charge is -2.29. The van der Waals surface area contributed by atoms with Crippen LogP contribution >= 0.6 is 0 Å². The highest BCUT2D eigenvalue weighted by Crippen LogP contribution is 2.29. The topological polar surface area (TPSA) is 12.0 Å². The summed E-state index contributed by atoms with van der Waals surface area (Å²) in [5.41, 5.74) is 0.463. The smallest absolute Gasteiger partial charge is 0.126 e. The molecule has 0 radical (unpaired) electrons. The van der Waals surface area contributed by atoms with Gasteiger partial charge in [-0.3, -0.25) is 0 Å². The molecule has 0 amide bonds. The van der Waals surface area contributed by atoms with Crippen molar-refractivity contribution in [3.63, 3.8) is 0 Å². The summed E-state index contributed by atoms with van der Waals surface area (Å²) in [4.78, 5) is 0. The fraction of sp³-hybridized carbons (Fsp3) is 0.571.